The molecule has 1 aliphatic heterocycles. The summed E-state index contributed by atoms with van der Waals surface area (Å²) < 4.78 is 60.8. The van der Waals surface area contributed by atoms with Crippen molar-refractivity contribution in [3.05, 3.63) is 12.2 Å². The van der Waals surface area contributed by atoms with Crippen LogP contribution in [-0.2, 0) is 10.9 Å². The van der Waals surface area contributed by atoms with E-state index in [0.29, 0.717) is 0 Å². The number of aliphatic hydroxyl groups excluding tert-OH is 2. The van der Waals surface area contributed by atoms with Gasteiger partial charge in [-0.15, -0.1) is 0 Å². The van der Waals surface area contributed by atoms with Gasteiger partial charge in [0.2, 0.25) is 11.7 Å². The van der Waals surface area contributed by atoms with Gasteiger partial charge in [-0.2, -0.15) is 13.2 Å². The van der Waals surface area contributed by atoms with Crippen molar-refractivity contribution < 1.29 is 32.5 Å². The van der Waals surface area contributed by atoms with E-state index in [4.69, 9.17) is 9.84 Å². The number of nitrogens with zero attached hydrogens (tertiary/aromatic N) is 4. The van der Waals surface area contributed by atoms with Crippen LogP contribution in [0.3, 0.4) is 0 Å². The van der Waals surface area contributed by atoms with Gasteiger partial charge in [-0.1, -0.05) is 0 Å². The Hall–Kier alpha value is -2.05. The standard InChI is InChI=1S/C15H17F4N5O3/c1-5(2)21-11-8-12(23-13(22-11)15(17,18)19)24(4-20-8)10-7-9(26)6(3-25)27-14(7,10)16/h4-7,9-10,25-26H,3H2,1-2H3,(H,21,22,23)/t6-,7?,9?,10+,14?/m1/s1. The Kier molecular flexibility index (Phi) is 3.88. The molecule has 1 aliphatic carbocycles. The zero-order valence-electron chi connectivity index (χ0n) is 14.3. The predicted octanol–water partition coefficient (Wildman–Crippen LogP) is 1.25. The van der Waals surface area contributed by atoms with Crippen LogP contribution in [0.5, 0.6) is 0 Å². The second-order valence-electron chi connectivity index (χ2n) is 7.01. The molecule has 12 heteroatoms. The number of rotatable bonds is 4. The molecular formula is C15H17F4N5O3. The summed E-state index contributed by atoms with van der Waals surface area (Å²) in [5, 5.41) is 22.0. The molecule has 3 unspecified atom stereocenters. The molecule has 0 amide bonds. The van der Waals surface area contributed by atoms with Gasteiger partial charge in [-0.25, -0.2) is 19.3 Å². The van der Waals surface area contributed by atoms with E-state index in [1.807, 2.05) is 0 Å². The maximum atomic E-state index is 15.0. The van der Waals surface area contributed by atoms with Gasteiger partial charge < -0.3 is 24.8 Å². The summed E-state index contributed by atoms with van der Waals surface area (Å²) in [6.07, 6.45) is -6.02. The van der Waals surface area contributed by atoms with Gasteiger partial charge in [-0.05, 0) is 13.8 Å². The Morgan fingerprint density at radius 1 is 1.37 bits per heavy atom. The number of hydrogen-bond acceptors (Lipinski definition) is 7. The van der Waals surface area contributed by atoms with E-state index in [1.165, 1.54) is 0 Å². The summed E-state index contributed by atoms with van der Waals surface area (Å²) in [6, 6.07) is -1.32. The molecule has 0 bridgehead atoms. The average molecular weight is 391 g/mol. The molecule has 1 saturated heterocycles. The van der Waals surface area contributed by atoms with Gasteiger partial charge in [0.1, 0.15) is 17.7 Å². The van der Waals surface area contributed by atoms with Gasteiger partial charge in [0, 0.05) is 6.04 Å². The number of ether oxygens (including phenoxy) is 1. The molecule has 27 heavy (non-hydrogen) atoms. The van der Waals surface area contributed by atoms with Gasteiger partial charge in [0.05, 0.1) is 25.0 Å². The molecule has 0 radical (unpaired) electrons. The van der Waals surface area contributed by atoms with Crippen LogP contribution in [0.2, 0.25) is 0 Å². The second kappa shape index (κ2) is 5.72. The zero-order chi connectivity index (χ0) is 19.7. The lowest BCUT2D eigenvalue weighted by molar-refractivity contribution is -0.144. The van der Waals surface area contributed by atoms with E-state index in [9.17, 15) is 22.7 Å². The number of aliphatic hydroxyl groups is 2. The Morgan fingerprint density at radius 2 is 2.07 bits per heavy atom. The van der Waals surface area contributed by atoms with Crippen LogP contribution >= 0.6 is 0 Å². The van der Waals surface area contributed by atoms with Crippen LogP contribution in [0, 0.1) is 5.92 Å². The van der Waals surface area contributed by atoms with Crippen molar-refractivity contribution in [1.29, 1.82) is 0 Å². The van der Waals surface area contributed by atoms with Crippen LogP contribution in [0.1, 0.15) is 25.7 Å². The molecule has 2 aromatic heterocycles. The predicted molar refractivity (Wildman–Crippen MR) is 83.4 cm³/mol. The van der Waals surface area contributed by atoms with Gasteiger partial charge in [0.25, 0.3) is 0 Å². The fourth-order valence-electron chi connectivity index (χ4n) is 3.57. The summed E-state index contributed by atoms with van der Waals surface area (Å²) in [5.74, 6) is -4.82. The van der Waals surface area contributed by atoms with Gasteiger partial charge in [-0.3, -0.25) is 0 Å². The van der Waals surface area contributed by atoms with Crippen molar-refractivity contribution in [2.24, 2.45) is 5.92 Å². The number of anilines is 1. The fraction of sp³-hybridized carbons (Fsp3) is 0.667. The second-order valence-corrected chi connectivity index (χ2v) is 7.01. The first kappa shape index (κ1) is 18.3. The number of hydrogen-bond donors (Lipinski definition) is 3. The largest absolute Gasteiger partial charge is 0.451 e. The van der Waals surface area contributed by atoms with Crippen molar-refractivity contribution >= 4 is 17.0 Å². The van der Waals surface area contributed by atoms with Crippen LogP contribution in [0.25, 0.3) is 11.2 Å². The van der Waals surface area contributed by atoms with Gasteiger partial charge in [0.15, 0.2) is 11.5 Å². The molecule has 2 aliphatic rings. The van der Waals surface area contributed by atoms with Crippen molar-refractivity contribution in [2.75, 3.05) is 11.9 Å². The number of fused-ring (bicyclic) bond motifs is 2. The van der Waals surface area contributed by atoms with Crippen molar-refractivity contribution in [3.63, 3.8) is 0 Å². The minimum Gasteiger partial charge on any atom is -0.394 e. The number of imidazole rings is 1. The van der Waals surface area contributed by atoms with Crippen LogP contribution < -0.4 is 5.32 Å². The number of alkyl halides is 4. The van der Waals surface area contributed by atoms with Crippen LogP contribution in [0.4, 0.5) is 23.4 Å². The minimum absolute atomic E-state index is 0.0541. The fourth-order valence-corrected chi connectivity index (χ4v) is 3.57. The van der Waals surface area contributed by atoms with E-state index in [1.54, 1.807) is 13.8 Å². The Morgan fingerprint density at radius 3 is 2.59 bits per heavy atom. The molecule has 8 nitrogen and oxygen atoms in total. The van der Waals surface area contributed by atoms with Crippen LogP contribution in [0.15, 0.2) is 6.33 Å². The normalized spacial score (nSPS) is 32.9. The Balaban J connectivity index is 1.80. The maximum Gasteiger partial charge on any atom is 0.451 e. The SMILES string of the molecule is CC(C)Nc1nc(C(F)(F)F)nc2c1ncn2[C@H]1C2C(O)[C@@H](CO)OC21F. The molecule has 4 rings (SSSR count). The molecule has 3 N–H and O–H groups in total. The Labute approximate surface area is 150 Å². The number of aromatic nitrogens is 4. The number of halogens is 4. The third kappa shape index (κ3) is 2.65. The Bertz CT molecular complexity index is 888. The topological polar surface area (TPSA) is 105 Å². The maximum absolute atomic E-state index is 15.0. The van der Waals surface area contributed by atoms with Crippen molar-refractivity contribution in [1.82, 2.24) is 19.5 Å². The van der Waals surface area contributed by atoms with E-state index in [2.05, 4.69) is 20.3 Å². The monoisotopic (exact) mass is 391 g/mol. The molecular weight excluding hydrogens is 374 g/mol. The van der Waals surface area contributed by atoms with E-state index in [0.717, 1.165) is 10.9 Å². The summed E-state index contributed by atoms with van der Waals surface area (Å²) in [4.78, 5) is 11.1. The molecule has 0 aromatic carbocycles. The average Bonchev–Trinajstić information content (AvgIpc) is 2.86. The summed E-state index contributed by atoms with van der Waals surface area (Å²) in [7, 11) is 0. The first-order chi connectivity index (χ1) is 12.6. The van der Waals surface area contributed by atoms with E-state index in [-0.39, 0.29) is 23.0 Å². The first-order valence-corrected chi connectivity index (χ1v) is 8.32. The van der Waals surface area contributed by atoms with E-state index >= 15 is 0 Å². The molecule has 2 aromatic rings. The lowest BCUT2D eigenvalue weighted by atomic mass is 10.1. The highest BCUT2D eigenvalue weighted by Crippen LogP contribution is 2.65. The summed E-state index contributed by atoms with van der Waals surface area (Å²) >= 11 is 0. The van der Waals surface area contributed by atoms with Gasteiger partial charge >= 0.3 is 6.18 Å². The molecule has 5 atom stereocenters. The highest BCUT2D eigenvalue weighted by molar-refractivity contribution is 5.83. The third-order valence-electron chi connectivity index (χ3n) is 4.75. The molecule has 1 saturated carbocycles. The molecule has 0 spiro atoms. The summed E-state index contributed by atoms with van der Waals surface area (Å²) in [5.41, 5.74) is -0.160. The molecule has 148 valence electrons. The smallest absolute Gasteiger partial charge is 0.394 e. The lowest BCUT2D eigenvalue weighted by Gasteiger charge is -2.19. The summed E-state index contributed by atoms with van der Waals surface area (Å²) in [6.45, 7) is 2.88. The quantitative estimate of drug-likeness (QED) is 0.674. The highest BCUT2D eigenvalue weighted by Gasteiger charge is 2.78. The highest BCUT2D eigenvalue weighted by atomic mass is 19.4. The third-order valence-corrected chi connectivity index (χ3v) is 4.75. The molecule has 3 heterocycles. The first-order valence-electron chi connectivity index (χ1n) is 8.32. The lowest BCUT2D eigenvalue weighted by Crippen LogP contribution is -2.31. The minimum atomic E-state index is -4.80. The van der Waals surface area contributed by atoms with Crippen molar-refractivity contribution in [3.8, 4) is 0 Å². The number of nitrogens with one attached hydrogen (secondary N) is 1. The molecule has 2 fully saturated rings. The van der Waals surface area contributed by atoms with E-state index < -0.39 is 48.6 Å². The van der Waals surface area contributed by atoms with Crippen molar-refractivity contribution in [2.45, 2.75) is 50.2 Å². The zero-order valence-corrected chi connectivity index (χ0v) is 14.3. The van der Waals surface area contributed by atoms with Crippen LogP contribution in [-0.4, -0.2) is 60.4 Å².